The molecule has 0 unspecified atom stereocenters. The standard InChI is InChI=1S/C34H69NO3/c1-3-5-7-9-11-13-15-16-17-18-20-21-23-25-27-29-33(37)32(31-36)35-34(38)30-28-26-24-22-19-14-12-10-8-6-4-2/h32-33,36-37H,3-31H2,1-2H3,(H,35,38)/t32-,33+/m0/s1. The third-order valence-corrected chi connectivity index (χ3v) is 8.12. The smallest absolute Gasteiger partial charge is 0.220 e. The number of nitrogens with one attached hydrogen (secondary N) is 1. The van der Waals surface area contributed by atoms with E-state index in [1.54, 1.807) is 0 Å². The molecule has 4 heteroatoms. The highest BCUT2D eigenvalue weighted by atomic mass is 16.3. The molecule has 38 heavy (non-hydrogen) atoms. The Morgan fingerprint density at radius 1 is 0.526 bits per heavy atom. The van der Waals surface area contributed by atoms with E-state index in [2.05, 4.69) is 19.2 Å². The molecule has 0 aromatic carbocycles. The summed E-state index contributed by atoms with van der Waals surface area (Å²) >= 11 is 0. The van der Waals surface area contributed by atoms with Crippen LogP contribution in [0.2, 0.25) is 0 Å². The largest absolute Gasteiger partial charge is 0.394 e. The van der Waals surface area contributed by atoms with Crippen LogP contribution in [-0.4, -0.2) is 34.9 Å². The molecule has 0 radical (unpaired) electrons. The second kappa shape index (κ2) is 30.9. The zero-order chi connectivity index (χ0) is 27.9. The number of hydrogen-bond acceptors (Lipinski definition) is 3. The van der Waals surface area contributed by atoms with Gasteiger partial charge in [-0.1, -0.05) is 174 Å². The predicted molar refractivity (Wildman–Crippen MR) is 166 cm³/mol. The minimum absolute atomic E-state index is 0.0319. The highest BCUT2D eigenvalue weighted by Gasteiger charge is 2.19. The van der Waals surface area contributed by atoms with E-state index >= 15 is 0 Å². The van der Waals surface area contributed by atoms with Gasteiger partial charge in [0.15, 0.2) is 0 Å². The maximum atomic E-state index is 12.3. The van der Waals surface area contributed by atoms with Crippen molar-refractivity contribution in [2.45, 2.75) is 206 Å². The van der Waals surface area contributed by atoms with Crippen molar-refractivity contribution in [3.05, 3.63) is 0 Å². The van der Waals surface area contributed by atoms with E-state index in [1.807, 2.05) is 0 Å². The maximum absolute atomic E-state index is 12.3. The van der Waals surface area contributed by atoms with Gasteiger partial charge in [-0.2, -0.15) is 0 Å². The molecule has 0 aromatic rings. The molecule has 0 saturated heterocycles. The fraction of sp³-hybridized carbons (Fsp3) is 0.971. The molecule has 0 saturated carbocycles. The van der Waals surface area contributed by atoms with Crippen LogP contribution in [0.3, 0.4) is 0 Å². The van der Waals surface area contributed by atoms with Crippen molar-refractivity contribution in [2.24, 2.45) is 0 Å². The summed E-state index contributed by atoms with van der Waals surface area (Å²) in [4.78, 5) is 12.3. The van der Waals surface area contributed by atoms with Crippen molar-refractivity contribution in [3.8, 4) is 0 Å². The van der Waals surface area contributed by atoms with Crippen LogP contribution in [0.4, 0.5) is 0 Å². The molecule has 0 spiro atoms. The van der Waals surface area contributed by atoms with Gasteiger partial charge in [0.2, 0.25) is 5.91 Å². The van der Waals surface area contributed by atoms with Crippen molar-refractivity contribution < 1.29 is 15.0 Å². The first-order valence-corrected chi connectivity index (χ1v) is 17.2. The number of carbonyl (C=O) groups excluding carboxylic acids is 1. The molecule has 228 valence electrons. The van der Waals surface area contributed by atoms with E-state index < -0.39 is 12.1 Å². The maximum Gasteiger partial charge on any atom is 0.220 e. The molecule has 0 aliphatic carbocycles. The van der Waals surface area contributed by atoms with Crippen LogP contribution in [0.15, 0.2) is 0 Å². The van der Waals surface area contributed by atoms with Crippen LogP contribution in [0.5, 0.6) is 0 Å². The molecule has 0 heterocycles. The van der Waals surface area contributed by atoms with E-state index in [0.29, 0.717) is 12.8 Å². The Bertz CT molecular complexity index is 471. The first kappa shape index (κ1) is 37.4. The van der Waals surface area contributed by atoms with E-state index in [1.165, 1.54) is 141 Å². The number of aliphatic hydroxyl groups excluding tert-OH is 2. The van der Waals surface area contributed by atoms with Crippen LogP contribution >= 0.6 is 0 Å². The fourth-order valence-corrected chi connectivity index (χ4v) is 5.42. The minimum atomic E-state index is -0.650. The lowest BCUT2D eigenvalue weighted by atomic mass is 10.0. The van der Waals surface area contributed by atoms with Gasteiger partial charge in [0.1, 0.15) is 0 Å². The lowest BCUT2D eigenvalue weighted by Gasteiger charge is -2.22. The Morgan fingerprint density at radius 2 is 0.842 bits per heavy atom. The van der Waals surface area contributed by atoms with Crippen LogP contribution in [-0.2, 0) is 4.79 Å². The van der Waals surface area contributed by atoms with Gasteiger partial charge < -0.3 is 15.5 Å². The van der Waals surface area contributed by atoms with Crippen molar-refractivity contribution >= 4 is 5.91 Å². The summed E-state index contributed by atoms with van der Waals surface area (Å²) in [5.41, 5.74) is 0. The second-order valence-corrected chi connectivity index (χ2v) is 11.9. The lowest BCUT2D eigenvalue weighted by molar-refractivity contribution is -0.123. The van der Waals surface area contributed by atoms with Crippen molar-refractivity contribution in [1.82, 2.24) is 5.32 Å². The molecule has 0 aliphatic rings. The molecule has 4 nitrogen and oxygen atoms in total. The molecule has 0 fully saturated rings. The van der Waals surface area contributed by atoms with Gasteiger partial charge in [-0.3, -0.25) is 4.79 Å². The van der Waals surface area contributed by atoms with E-state index in [4.69, 9.17) is 0 Å². The van der Waals surface area contributed by atoms with Gasteiger partial charge in [-0.15, -0.1) is 0 Å². The van der Waals surface area contributed by atoms with Gasteiger partial charge in [0, 0.05) is 6.42 Å². The minimum Gasteiger partial charge on any atom is -0.394 e. The van der Waals surface area contributed by atoms with Gasteiger partial charge in [-0.25, -0.2) is 0 Å². The Labute approximate surface area is 238 Å². The fourth-order valence-electron chi connectivity index (χ4n) is 5.42. The highest BCUT2D eigenvalue weighted by Crippen LogP contribution is 2.15. The topological polar surface area (TPSA) is 69.6 Å². The van der Waals surface area contributed by atoms with Crippen molar-refractivity contribution in [3.63, 3.8) is 0 Å². The lowest BCUT2D eigenvalue weighted by Crippen LogP contribution is -2.45. The van der Waals surface area contributed by atoms with Gasteiger partial charge >= 0.3 is 0 Å². The zero-order valence-electron chi connectivity index (χ0n) is 26.0. The summed E-state index contributed by atoms with van der Waals surface area (Å²) in [7, 11) is 0. The predicted octanol–water partition coefficient (Wildman–Crippen LogP) is 9.79. The van der Waals surface area contributed by atoms with Crippen LogP contribution in [0.25, 0.3) is 0 Å². The van der Waals surface area contributed by atoms with Crippen LogP contribution < -0.4 is 5.32 Å². The number of aliphatic hydroxyl groups is 2. The number of unbranched alkanes of at least 4 members (excludes halogenated alkanes) is 24. The number of rotatable bonds is 31. The Hall–Kier alpha value is -0.610. The highest BCUT2D eigenvalue weighted by molar-refractivity contribution is 5.76. The molecule has 0 rings (SSSR count). The SMILES string of the molecule is CCCCCCCCCCCCCCCCC[C@@H](O)[C@H](CO)NC(=O)CCCCCCCCCCCCC. The summed E-state index contributed by atoms with van der Waals surface area (Å²) in [6.45, 7) is 4.34. The number of carbonyl (C=O) groups is 1. The van der Waals surface area contributed by atoms with Crippen LogP contribution in [0.1, 0.15) is 194 Å². The number of hydrogen-bond donors (Lipinski definition) is 3. The normalized spacial score (nSPS) is 13.1. The summed E-state index contributed by atoms with van der Waals surface area (Å²) in [6, 6.07) is -0.526. The Kier molecular flexibility index (Phi) is 30.4. The molecular weight excluding hydrogens is 470 g/mol. The second-order valence-electron chi connectivity index (χ2n) is 11.9. The first-order chi connectivity index (χ1) is 18.7. The monoisotopic (exact) mass is 540 g/mol. The summed E-state index contributed by atoms with van der Waals surface area (Å²) in [5.74, 6) is -0.0319. The molecule has 0 aliphatic heterocycles. The molecule has 0 bridgehead atoms. The summed E-state index contributed by atoms with van der Waals surface area (Å²) < 4.78 is 0. The van der Waals surface area contributed by atoms with Gasteiger partial charge in [-0.05, 0) is 12.8 Å². The van der Waals surface area contributed by atoms with E-state index in [-0.39, 0.29) is 12.5 Å². The third-order valence-electron chi connectivity index (χ3n) is 8.12. The average molecular weight is 540 g/mol. The Morgan fingerprint density at radius 3 is 1.18 bits per heavy atom. The first-order valence-electron chi connectivity index (χ1n) is 17.2. The third kappa shape index (κ3) is 27.0. The van der Waals surface area contributed by atoms with Crippen molar-refractivity contribution in [2.75, 3.05) is 6.61 Å². The molecule has 1 amide bonds. The molecule has 3 N–H and O–H groups in total. The van der Waals surface area contributed by atoms with E-state index in [9.17, 15) is 15.0 Å². The average Bonchev–Trinajstić information content (AvgIpc) is 2.92. The Balaban J connectivity index is 3.54. The quantitative estimate of drug-likeness (QED) is 0.0768. The zero-order valence-corrected chi connectivity index (χ0v) is 26.0. The summed E-state index contributed by atoms with van der Waals surface area (Å²) in [6.07, 6.45) is 34.3. The summed E-state index contributed by atoms with van der Waals surface area (Å²) in [5, 5.41) is 23.0. The van der Waals surface area contributed by atoms with Gasteiger partial charge in [0.05, 0.1) is 18.8 Å². The van der Waals surface area contributed by atoms with Crippen LogP contribution in [0, 0.1) is 0 Å². The van der Waals surface area contributed by atoms with Gasteiger partial charge in [0.25, 0.3) is 0 Å². The van der Waals surface area contributed by atoms with Crippen molar-refractivity contribution in [1.29, 1.82) is 0 Å². The number of amides is 1. The van der Waals surface area contributed by atoms with E-state index in [0.717, 1.165) is 25.7 Å². The molecular formula is C34H69NO3. The molecule has 0 aromatic heterocycles. The molecule has 2 atom stereocenters.